The van der Waals surface area contributed by atoms with Gasteiger partial charge in [0.2, 0.25) is 29.5 Å². The molecule has 9 N–H and O–H groups in total. The number of Topliss-reactive ketones (excluding diaryl/α,β-unsaturated/α-hetero) is 2. The van der Waals surface area contributed by atoms with E-state index in [-0.39, 0.29) is 134 Å². The Kier molecular flexibility index (Phi) is 46.0. The molecule has 0 saturated carbocycles. The number of carboxylic acid groups (broad SMARTS) is 4. The van der Waals surface area contributed by atoms with Gasteiger partial charge in [-0.1, -0.05) is 90.4 Å². The highest BCUT2D eigenvalue weighted by Crippen LogP contribution is 2.15. The molecule has 0 aliphatic carbocycles. The Morgan fingerprint density at radius 1 is 0.367 bits per heavy atom. The molecule has 0 aromatic heterocycles. The summed E-state index contributed by atoms with van der Waals surface area (Å²) in [6, 6.07) is -4.01. The van der Waals surface area contributed by atoms with E-state index in [0.717, 1.165) is 77.0 Å². The maximum Gasteiger partial charge on any atom is 0.326 e. The molecule has 0 aromatic rings. The number of rotatable bonds is 56. The van der Waals surface area contributed by atoms with Crippen LogP contribution < -0.4 is 26.6 Å². The number of aliphatic carboxylic acids is 4. The number of unbranched alkanes of at least 4 members (excludes halogenated alkanes) is 14. The van der Waals surface area contributed by atoms with Gasteiger partial charge in [0.15, 0.2) is 5.78 Å². The number of amides is 5. The molecule has 0 saturated heterocycles. The topological polar surface area (TPSA) is 366 Å². The first-order chi connectivity index (χ1) is 37.9. The van der Waals surface area contributed by atoms with E-state index in [1.807, 2.05) is 6.92 Å². The van der Waals surface area contributed by atoms with Crippen LogP contribution in [0.2, 0.25) is 0 Å². The van der Waals surface area contributed by atoms with Crippen LogP contribution >= 0.6 is 0 Å². The van der Waals surface area contributed by atoms with E-state index in [2.05, 4.69) is 26.6 Å². The Labute approximate surface area is 466 Å². The average molecular weight is 1130 g/mol. The summed E-state index contributed by atoms with van der Waals surface area (Å²) in [4.78, 5) is 131. The minimum atomic E-state index is -1.41. The highest BCUT2D eigenvalue weighted by atomic mass is 16.5. The van der Waals surface area contributed by atoms with Crippen LogP contribution in [-0.2, 0) is 71.7 Å². The summed E-state index contributed by atoms with van der Waals surface area (Å²) in [5.74, 6) is -7.37. The van der Waals surface area contributed by atoms with Crippen molar-refractivity contribution < 1.29 is 92.1 Å². The van der Waals surface area contributed by atoms with E-state index in [0.29, 0.717) is 25.8 Å². The van der Waals surface area contributed by atoms with Gasteiger partial charge in [0.1, 0.15) is 37.1 Å². The molecule has 24 heteroatoms. The third-order valence-electron chi connectivity index (χ3n) is 12.8. The second kappa shape index (κ2) is 49.5. The maximum absolute atomic E-state index is 12.6. The van der Waals surface area contributed by atoms with Gasteiger partial charge in [0.25, 0.3) is 0 Å². The largest absolute Gasteiger partial charge is 0.481 e. The minimum absolute atomic E-state index is 0.0195. The average Bonchev–Trinajstić information content (AvgIpc) is 3.39. The number of hydrogen-bond acceptors (Lipinski definition) is 15. The first-order valence-electron chi connectivity index (χ1n) is 28.5. The fourth-order valence-corrected chi connectivity index (χ4v) is 8.16. The number of nitrogens with one attached hydrogen (secondary N) is 5. The van der Waals surface area contributed by atoms with Crippen LogP contribution in [0, 0.1) is 5.92 Å². The smallest absolute Gasteiger partial charge is 0.326 e. The van der Waals surface area contributed by atoms with Crippen LogP contribution in [0.3, 0.4) is 0 Å². The molecule has 0 unspecified atom stereocenters. The Hall–Kier alpha value is -5.59. The summed E-state index contributed by atoms with van der Waals surface area (Å²) in [6.07, 6.45) is 17.1. The molecular weight excluding hydrogens is 1030 g/mol. The van der Waals surface area contributed by atoms with Crippen LogP contribution in [-0.4, -0.2) is 169 Å². The zero-order chi connectivity index (χ0) is 58.9. The molecule has 0 radical (unpaired) electrons. The summed E-state index contributed by atoms with van der Waals surface area (Å²) in [5.41, 5.74) is 0. The summed E-state index contributed by atoms with van der Waals surface area (Å²) in [7, 11) is 0. The van der Waals surface area contributed by atoms with Crippen LogP contribution in [0.4, 0.5) is 0 Å². The van der Waals surface area contributed by atoms with Crippen molar-refractivity contribution >= 4 is 65.0 Å². The lowest BCUT2D eigenvalue weighted by Gasteiger charge is -2.17. The quantitative estimate of drug-likeness (QED) is 0.0369. The number of carboxylic acids is 4. The van der Waals surface area contributed by atoms with E-state index in [1.54, 1.807) is 6.92 Å². The van der Waals surface area contributed by atoms with Crippen LogP contribution in [0.1, 0.15) is 194 Å². The van der Waals surface area contributed by atoms with Gasteiger partial charge in [0.05, 0.1) is 33.0 Å². The van der Waals surface area contributed by atoms with Crippen molar-refractivity contribution in [2.45, 2.75) is 212 Å². The first-order valence-corrected chi connectivity index (χ1v) is 28.5. The van der Waals surface area contributed by atoms with Gasteiger partial charge < -0.3 is 66.0 Å². The van der Waals surface area contributed by atoms with E-state index in [4.69, 9.17) is 24.1 Å². The monoisotopic (exact) mass is 1130 g/mol. The minimum Gasteiger partial charge on any atom is -0.481 e. The number of ketones is 2. The fourth-order valence-electron chi connectivity index (χ4n) is 8.16. The van der Waals surface area contributed by atoms with Gasteiger partial charge in [-0.3, -0.25) is 38.4 Å². The molecule has 0 rings (SSSR count). The van der Waals surface area contributed by atoms with Crippen LogP contribution in [0.15, 0.2) is 0 Å². The molecule has 24 nitrogen and oxygen atoms in total. The molecule has 0 aromatic carbocycles. The zero-order valence-corrected chi connectivity index (χ0v) is 47.1. The summed E-state index contributed by atoms with van der Waals surface area (Å²) >= 11 is 0. The maximum atomic E-state index is 12.6. The highest BCUT2D eigenvalue weighted by Gasteiger charge is 2.25. The molecule has 0 fully saturated rings. The summed E-state index contributed by atoms with van der Waals surface area (Å²) < 4.78 is 21.4. The SMILES string of the molecule is CC[C@@H](CCCCNC(=O)CC[C@H](NC(=O)COCCOCCCC(=O)COCCOCCNC(=O)CC[C@H](NC(=O)CC[C@H](NC(=O)CCCCCCCCCCCCCCCCC(=O)O)C(=O)O)C(=O)O)C(=O)O)C(C)=O. The fraction of sp³-hybridized carbons (Fsp3) is 0.800. The lowest BCUT2D eigenvalue weighted by Crippen LogP contribution is -2.44. The first kappa shape index (κ1) is 73.4. The molecule has 0 bridgehead atoms. The number of ether oxygens (including phenoxy) is 4. The van der Waals surface area contributed by atoms with Crippen molar-refractivity contribution in [2.24, 2.45) is 5.92 Å². The van der Waals surface area contributed by atoms with Gasteiger partial charge in [-0.25, -0.2) is 14.4 Å². The third kappa shape index (κ3) is 45.9. The van der Waals surface area contributed by atoms with Crippen LogP contribution in [0.25, 0.3) is 0 Å². The molecule has 4 atom stereocenters. The van der Waals surface area contributed by atoms with Crippen molar-refractivity contribution in [3.63, 3.8) is 0 Å². The van der Waals surface area contributed by atoms with E-state index in [1.165, 1.54) is 25.7 Å². The van der Waals surface area contributed by atoms with Crippen molar-refractivity contribution in [1.82, 2.24) is 26.6 Å². The van der Waals surface area contributed by atoms with Gasteiger partial charge in [0, 0.05) is 64.1 Å². The lowest BCUT2D eigenvalue weighted by atomic mass is 9.95. The molecule has 5 amide bonds. The predicted octanol–water partition coefficient (Wildman–Crippen LogP) is 4.80. The standard InChI is InChI=1S/C55H95N5O19/c1-3-42(41(2)61)21-18-19-31-56-47(63)28-26-46(55(74)75)60-51(67)40-79-38-35-76-33-20-22-43(62)39-78-37-36-77-34-32-57-48(64)29-25-44(53(70)71)59-50(66)30-27-45(54(72)73)58-49(65)23-16-14-12-10-8-6-4-5-7-9-11-13-15-17-24-52(68)69/h42,44-46H,3-40H2,1-2H3,(H,56,63)(H,57,64)(H,58,65)(H,59,66)(H,60,67)(H,68,69)(H,70,71)(H,72,73)(H,74,75)/t42-,44-,45-,46-/m0/s1. The predicted molar refractivity (Wildman–Crippen MR) is 290 cm³/mol. The number of hydrogen-bond donors (Lipinski definition) is 9. The normalized spacial score (nSPS) is 12.6. The molecule has 0 aliphatic rings. The Bertz CT molecular complexity index is 1790. The molecule has 0 aliphatic heterocycles. The van der Waals surface area contributed by atoms with Gasteiger partial charge in [-0.15, -0.1) is 0 Å². The van der Waals surface area contributed by atoms with E-state index < -0.39 is 72.2 Å². The third-order valence-corrected chi connectivity index (χ3v) is 12.8. The van der Waals surface area contributed by atoms with Gasteiger partial charge in [-0.05, 0) is 64.7 Å². The molecular formula is C55H95N5O19. The van der Waals surface area contributed by atoms with Gasteiger partial charge in [-0.2, -0.15) is 0 Å². The second-order valence-electron chi connectivity index (χ2n) is 19.7. The molecule has 454 valence electrons. The Morgan fingerprint density at radius 2 is 0.772 bits per heavy atom. The second-order valence-corrected chi connectivity index (χ2v) is 19.7. The molecule has 79 heavy (non-hydrogen) atoms. The summed E-state index contributed by atoms with van der Waals surface area (Å²) in [6.45, 7) is 4.25. The Balaban J connectivity index is 4.01. The Morgan fingerprint density at radius 3 is 1.24 bits per heavy atom. The highest BCUT2D eigenvalue weighted by molar-refractivity contribution is 5.87. The lowest BCUT2D eigenvalue weighted by molar-refractivity contribution is -0.143. The zero-order valence-electron chi connectivity index (χ0n) is 47.1. The van der Waals surface area contributed by atoms with Crippen molar-refractivity contribution in [2.75, 3.05) is 65.9 Å². The number of carbonyl (C=O) groups is 11. The van der Waals surface area contributed by atoms with E-state index in [9.17, 15) is 68.1 Å². The van der Waals surface area contributed by atoms with Crippen molar-refractivity contribution in [1.29, 1.82) is 0 Å². The summed E-state index contributed by atoms with van der Waals surface area (Å²) in [5, 5.41) is 49.7. The molecule has 0 spiro atoms. The van der Waals surface area contributed by atoms with Crippen molar-refractivity contribution in [3.05, 3.63) is 0 Å². The van der Waals surface area contributed by atoms with Crippen molar-refractivity contribution in [3.8, 4) is 0 Å². The molecule has 0 heterocycles. The van der Waals surface area contributed by atoms with Gasteiger partial charge >= 0.3 is 23.9 Å². The number of carbonyl (C=O) groups excluding carboxylic acids is 7. The van der Waals surface area contributed by atoms with Crippen LogP contribution in [0.5, 0.6) is 0 Å². The van der Waals surface area contributed by atoms with E-state index >= 15 is 0 Å².